The first-order valence-corrected chi connectivity index (χ1v) is 12.0. The molecule has 1 saturated heterocycles. The lowest BCUT2D eigenvalue weighted by molar-refractivity contribution is 0.102. The lowest BCUT2D eigenvalue weighted by atomic mass is 10.1. The third-order valence-electron chi connectivity index (χ3n) is 5.37. The second-order valence-corrected chi connectivity index (χ2v) is 10.4. The Hall–Kier alpha value is -2.36. The molecule has 2 aromatic carbocycles. The van der Waals surface area contributed by atoms with Gasteiger partial charge in [0.2, 0.25) is 10.0 Å². The first-order valence-electron chi connectivity index (χ1n) is 9.75. The van der Waals surface area contributed by atoms with Crippen molar-refractivity contribution in [3.05, 3.63) is 53.3 Å². The average molecular weight is 448 g/mol. The van der Waals surface area contributed by atoms with E-state index in [4.69, 9.17) is 0 Å². The topological polar surface area (TPSA) is 79.4 Å². The van der Waals surface area contributed by atoms with E-state index in [0.717, 1.165) is 30.6 Å². The molecule has 1 amide bonds. The molecule has 1 aromatic heterocycles. The number of halogens is 1. The number of thiazole rings is 1. The minimum absolute atomic E-state index is 0.0644. The van der Waals surface area contributed by atoms with Crippen LogP contribution < -0.4 is 5.32 Å². The zero-order valence-electron chi connectivity index (χ0n) is 16.7. The van der Waals surface area contributed by atoms with E-state index in [0.29, 0.717) is 27.5 Å². The van der Waals surface area contributed by atoms with Crippen molar-refractivity contribution in [1.29, 1.82) is 0 Å². The number of sulfonamides is 1. The summed E-state index contributed by atoms with van der Waals surface area (Å²) in [6.45, 7) is 4.15. The Morgan fingerprint density at radius 2 is 2.03 bits per heavy atom. The van der Waals surface area contributed by atoms with Crippen LogP contribution in [0.5, 0.6) is 0 Å². The number of piperidine rings is 1. The summed E-state index contributed by atoms with van der Waals surface area (Å²) in [6, 6.07) is 8.77. The van der Waals surface area contributed by atoms with Crippen molar-refractivity contribution < 1.29 is 17.6 Å². The third-order valence-corrected chi connectivity index (χ3v) is 8.32. The van der Waals surface area contributed by atoms with E-state index in [9.17, 15) is 17.6 Å². The number of anilines is 1. The molecule has 0 saturated carbocycles. The highest BCUT2D eigenvalue weighted by molar-refractivity contribution is 7.89. The Labute approximate surface area is 178 Å². The number of aromatic nitrogens is 1. The first kappa shape index (κ1) is 20.9. The van der Waals surface area contributed by atoms with E-state index < -0.39 is 15.9 Å². The monoisotopic (exact) mass is 447 g/mol. The number of nitrogens with one attached hydrogen (secondary N) is 1. The van der Waals surface area contributed by atoms with Crippen molar-refractivity contribution in [2.24, 2.45) is 0 Å². The maximum absolute atomic E-state index is 13.4. The molecule has 0 aliphatic carbocycles. The molecule has 9 heteroatoms. The van der Waals surface area contributed by atoms with Gasteiger partial charge in [-0.25, -0.2) is 17.8 Å². The Morgan fingerprint density at radius 3 is 2.80 bits per heavy atom. The number of hydrogen-bond donors (Lipinski definition) is 1. The first-order chi connectivity index (χ1) is 14.3. The quantitative estimate of drug-likeness (QED) is 0.636. The van der Waals surface area contributed by atoms with Gasteiger partial charge < -0.3 is 0 Å². The molecule has 1 N–H and O–H groups in total. The molecular weight excluding hydrogens is 425 g/mol. The van der Waals surface area contributed by atoms with Crippen LogP contribution >= 0.6 is 11.3 Å². The highest BCUT2D eigenvalue weighted by Crippen LogP contribution is 2.29. The number of fused-ring (bicyclic) bond motifs is 1. The Kier molecular flexibility index (Phi) is 5.61. The number of aryl methyl sites for hydroxylation is 1. The van der Waals surface area contributed by atoms with Crippen molar-refractivity contribution in [1.82, 2.24) is 9.29 Å². The van der Waals surface area contributed by atoms with Crippen LogP contribution in [0.15, 0.2) is 41.3 Å². The fourth-order valence-electron chi connectivity index (χ4n) is 3.69. The molecule has 1 fully saturated rings. The van der Waals surface area contributed by atoms with Crippen LogP contribution in [0.3, 0.4) is 0 Å². The van der Waals surface area contributed by atoms with Gasteiger partial charge in [-0.05, 0) is 62.6 Å². The van der Waals surface area contributed by atoms with Gasteiger partial charge in [-0.3, -0.25) is 10.1 Å². The van der Waals surface area contributed by atoms with Gasteiger partial charge in [-0.1, -0.05) is 23.8 Å². The minimum atomic E-state index is -3.68. The Morgan fingerprint density at radius 1 is 1.23 bits per heavy atom. The fourth-order valence-corrected chi connectivity index (χ4v) is 6.30. The fraction of sp³-hybridized carbons (Fsp3) is 0.333. The number of hydrogen-bond acceptors (Lipinski definition) is 5. The highest BCUT2D eigenvalue weighted by atomic mass is 32.2. The van der Waals surface area contributed by atoms with Gasteiger partial charge in [0.15, 0.2) is 5.13 Å². The molecule has 6 nitrogen and oxygen atoms in total. The van der Waals surface area contributed by atoms with E-state index >= 15 is 0 Å². The Balaban J connectivity index is 1.62. The molecule has 1 atom stereocenters. The average Bonchev–Trinajstić information content (AvgIpc) is 3.09. The van der Waals surface area contributed by atoms with Gasteiger partial charge >= 0.3 is 0 Å². The molecule has 3 aromatic rings. The molecule has 1 aliphatic rings. The van der Waals surface area contributed by atoms with Crippen LogP contribution in [0.4, 0.5) is 9.52 Å². The molecule has 30 heavy (non-hydrogen) atoms. The molecule has 0 bridgehead atoms. The van der Waals surface area contributed by atoms with Crippen molar-refractivity contribution in [2.75, 3.05) is 11.9 Å². The van der Waals surface area contributed by atoms with E-state index in [1.807, 2.05) is 6.92 Å². The van der Waals surface area contributed by atoms with Gasteiger partial charge in [-0.2, -0.15) is 4.31 Å². The molecule has 1 aliphatic heterocycles. The van der Waals surface area contributed by atoms with Crippen LogP contribution in [-0.4, -0.2) is 36.2 Å². The van der Waals surface area contributed by atoms with Gasteiger partial charge in [-0.15, -0.1) is 0 Å². The number of carbonyl (C=O) groups is 1. The van der Waals surface area contributed by atoms with Crippen molar-refractivity contribution in [3.8, 4) is 0 Å². The number of nitrogens with zero attached hydrogens (tertiary/aromatic N) is 2. The van der Waals surface area contributed by atoms with E-state index in [2.05, 4.69) is 10.3 Å². The molecule has 4 rings (SSSR count). The summed E-state index contributed by atoms with van der Waals surface area (Å²) in [5.74, 6) is -0.819. The summed E-state index contributed by atoms with van der Waals surface area (Å²) < 4.78 is 41.8. The zero-order chi connectivity index (χ0) is 21.5. The number of carbonyl (C=O) groups excluding carboxylic acids is 1. The van der Waals surface area contributed by atoms with Crippen LogP contribution in [0.1, 0.15) is 42.1 Å². The van der Waals surface area contributed by atoms with Crippen molar-refractivity contribution in [3.63, 3.8) is 0 Å². The maximum Gasteiger partial charge on any atom is 0.257 e. The maximum atomic E-state index is 13.4. The summed E-state index contributed by atoms with van der Waals surface area (Å²) in [5.41, 5.74) is 1.51. The van der Waals surface area contributed by atoms with Gasteiger partial charge in [0.05, 0.1) is 15.1 Å². The molecule has 2 heterocycles. The van der Waals surface area contributed by atoms with Crippen LogP contribution in [-0.2, 0) is 10.0 Å². The van der Waals surface area contributed by atoms with Gasteiger partial charge in [0.25, 0.3) is 5.91 Å². The standard InChI is InChI=1S/C21H22FN3O3S2/c1-13-6-8-16(30(27,28)25-10-4-3-5-14(25)2)12-17(13)20(26)24-21-23-18-9-7-15(22)11-19(18)29-21/h6-9,11-12,14H,3-5,10H2,1-2H3,(H,23,24,26)/t14-/m1/s1. The zero-order valence-corrected chi connectivity index (χ0v) is 18.3. The van der Waals surface area contributed by atoms with Crippen molar-refractivity contribution in [2.45, 2.75) is 44.0 Å². The smallest absolute Gasteiger partial charge is 0.257 e. The van der Waals surface area contributed by atoms with Crippen molar-refractivity contribution >= 4 is 42.6 Å². The summed E-state index contributed by atoms with van der Waals surface area (Å²) in [7, 11) is -3.68. The summed E-state index contributed by atoms with van der Waals surface area (Å²) in [6.07, 6.45) is 2.68. The largest absolute Gasteiger partial charge is 0.298 e. The van der Waals surface area contributed by atoms with Gasteiger partial charge in [0, 0.05) is 18.2 Å². The highest BCUT2D eigenvalue weighted by Gasteiger charge is 2.31. The minimum Gasteiger partial charge on any atom is -0.298 e. The van der Waals surface area contributed by atoms with Crippen LogP contribution in [0.2, 0.25) is 0 Å². The van der Waals surface area contributed by atoms with E-state index in [1.165, 1.54) is 22.5 Å². The molecule has 0 radical (unpaired) electrons. The molecule has 158 valence electrons. The van der Waals surface area contributed by atoms with E-state index in [-0.39, 0.29) is 22.3 Å². The SMILES string of the molecule is Cc1ccc(S(=O)(=O)N2CCCC[C@H]2C)cc1C(=O)Nc1nc2ccc(F)cc2s1. The van der Waals surface area contributed by atoms with Gasteiger partial charge in [0.1, 0.15) is 5.82 Å². The summed E-state index contributed by atoms with van der Waals surface area (Å²) in [5, 5.41) is 3.04. The number of rotatable bonds is 4. The van der Waals surface area contributed by atoms with E-state index in [1.54, 1.807) is 25.1 Å². The third kappa shape index (κ3) is 3.97. The Bertz CT molecular complexity index is 1220. The summed E-state index contributed by atoms with van der Waals surface area (Å²) >= 11 is 1.16. The van der Waals surface area contributed by atoms with Crippen LogP contribution in [0.25, 0.3) is 10.2 Å². The molecule has 0 unspecified atom stereocenters. The normalized spacial score (nSPS) is 17.9. The molecular formula is C21H22FN3O3S2. The number of amides is 1. The second-order valence-electron chi connectivity index (χ2n) is 7.52. The lowest BCUT2D eigenvalue weighted by Gasteiger charge is -2.32. The lowest BCUT2D eigenvalue weighted by Crippen LogP contribution is -2.42. The number of benzene rings is 2. The predicted molar refractivity (Wildman–Crippen MR) is 116 cm³/mol. The second kappa shape index (κ2) is 8.05. The predicted octanol–water partition coefficient (Wildman–Crippen LogP) is 4.56. The van der Waals surface area contributed by atoms with Crippen LogP contribution in [0, 0.1) is 12.7 Å². The summed E-state index contributed by atoms with van der Waals surface area (Å²) in [4.78, 5) is 17.3. The molecule has 0 spiro atoms.